The van der Waals surface area contributed by atoms with Gasteiger partial charge < -0.3 is 10.0 Å². The molecule has 1 aromatic rings. The first-order valence-electron chi connectivity index (χ1n) is 6.45. The fraction of sp³-hybridized carbons (Fsp3) is 0.500. The molecule has 6 heteroatoms. The Kier molecular flexibility index (Phi) is 4.32. The molecule has 0 bridgehead atoms. The summed E-state index contributed by atoms with van der Waals surface area (Å²) in [6.07, 6.45) is -4.42. The van der Waals surface area contributed by atoms with Gasteiger partial charge in [-0.25, -0.2) is 0 Å². The zero-order valence-electron chi connectivity index (χ0n) is 10.8. The van der Waals surface area contributed by atoms with Crippen LogP contribution in [-0.4, -0.2) is 41.8 Å². The van der Waals surface area contributed by atoms with E-state index in [9.17, 15) is 23.1 Å². The van der Waals surface area contributed by atoms with E-state index >= 15 is 0 Å². The quantitative estimate of drug-likeness (QED) is 0.905. The van der Waals surface area contributed by atoms with E-state index in [4.69, 9.17) is 0 Å². The summed E-state index contributed by atoms with van der Waals surface area (Å²) in [6, 6.07) is 9.37. The molecule has 0 spiro atoms. The van der Waals surface area contributed by atoms with Crippen LogP contribution in [0.25, 0.3) is 0 Å². The lowest BCUT2D eigenvalue weighted by molar-refractivity contribution is -0.187. The van der Waals surface area contributed by atoms with Crippen molar-refractivity contribution in [2.75, 3.05) is 19.7 Å². The lowest BCUT2D eigenvalue weighted by atomic mass is 9.81. The summed E-state index contributed by atoms with van der Waals surface area (Å²) >= 11 is 0. The molecule has 3 nitrogen and oxygen atoms in total. The average molecular weight is 287 g/mol. The molecule has 0 saturated carbocycles. The zero-order valence-corrected chi connectivity index (χ0v) is 10.8. The molecule has 110 valence electrons. The second-order valence-electron chi connectivity index (χ2n) is 5.00. The second kappa shape index (κ2) is 5.83. The Morgan fingerprint density at radius 1 is 1.30 bits per heavy atom. The van der Waals surface area contributed by atoms with Gasteiger partial charge in [0.05, 0.1) is 0 Å². The van der Waals surface area contributed by atoms with E-state index in [2.05, 4.69) is 0 Å². The van der Waals surface area contributed by atoms with Crippen LogP contribution in [-0.2, 0) is 4.79 Å². The minimum atomic E-state index is -4.85. The summed E-state index contributed by atoms with van der Waals surface area (Å²) in [5.74, 6) is -2.20. The van der Waals surface area contributed by atoms with Crippen molar-refractivity contribution in [1.29, 1.82) is 0 Å². The first-order valence-corrected chi connectivity index (χ1v) is 6.45. The maximum absolute atomic E-state index is 12.4. The summed E-state index contributed by atoms with van der Waals surface area (Å²) in [6.45, 7) is -0.232. The molecule has 0 radical (unpaired) electrons. The number of hydrogen-bond donors (Lipinski definition) is 1. The van der Waals surface area contributed by atoms with Crippen LogP contribution >= 0.6 is 0 Å². The number of hydrogen-bond acceptors (Lipinski definition) is 2. The molecular formula is C14H16F3NO2. The van der Waals surface area contributed by atoms with E-state index in [1.54, 1.807) is 0 Å². The average Bonchev–Trinajstić information content (AvgIpc) is 2.45. The van der Waals surface area contributed by atoms with E-state index in [1.165, 1.54) is 0 Å². The third kappa shape index (κ3) is 3.12. The summed E-state index contributed by atoms with van der Waals surface area (Å²) in [5.41, 5.74) is 0.991. The summed E-state index contributed by atoms with van der Waals surface area (Å²) in [5, 5.41) is 9.41. The van der Waals surface area contributed by atoms with Crippen molar-refractivity contribution in [3.8, 4) is 0 Å². The fourth-order valence-corrected chi connectivity index (χ4v) is 2.72. The number of nitrogens with zero attached hydrogens (tertiary/aromatic N) is 1. The number of aliphatic hydroxyl groups is 1. The van der Waals surface area contributed by atoms with Gasteiger partial charge in [0.25, 0.3) is 0 Å². The van der Waals surface area contributed by atoms with E-state index in [-0.39, 0.29) is 31.5 Å². The molecule has 2 rings (SSSR count). The number of carbonyl (C=O) groups is 1. The molecule has 1 aliphatic heterocycles. The molecule has 0 aliphatic carbocycles. The lowest BCUT2D eigenvalue weighted by Gasteiger charge is -2.38. The molecule has 0 unspecified atom stereocenters. The minimum Gasteiger partial charge on any atom is -0.396 e. The number of carbonyl (C=O) groups excluding carboxylic acids is 1. The van der Waals surface area contributed by atoms with Crippen LogP contribution < -0.4 is 0 Å². The Balaban J connectivity index is 2.11. The van der Waals surface area contributed by atoms with Crippen molar-refractivity contribution in [2.24, 2.45) is 5.92 Å². The molecular weight excluding hydrogens is 271 g/mol. The first-order chi connectivity index (χ1) is 9.43. The number of benzene rings is 1. The zero-order chi connectivity index (χ0) is 14.8. The van der Waals surface area contributed by atoms with Gasteiger partial charge in [0, 0.05) is 25.6 Å². The van der Waals surface area contributed by atoms with E-state index in [0.717, 1.165) is 10.5 Å². The van der Waals surface area contributed by atoms with Crippen LogP contribution in [0.2, 0.25) is 0 Å². The summed E-state index contributed by atoms with van der Waals surface area (Å²) < 4.78 is 37.3. The highest BCUT2D eigenvalue weighted by molar-refractivity contribution is 5.82. The summed E-state index contributed by atoms with van der Waals surface area (Å²) in [7, 11) is 0. The molecule has 1 heterocycles. The van der Waals surface area contributed by atoms with Crippen molar-refractivity contribution in [1.82, 2.24) is 4.90 Å². The van der Waals surface area contributed by atoms with E-state index in [1.807, 2.05) is 30.3 Å². The topological polar surface area (TPSA) is 40.5 Å². The van der Waals surface area contributed by atoms with Crippen LogP contribution in [0, 0.1) is 5.92 Å². The van der Waals surface area contributed by atoms with Crippen molar-refractivity contribution in [3.05, 3.63) is 35.9 Å². The van der Waals surface area contributed by atoms with Gasteiger partial charge in [0.1, 0.15) is 0 Å². The van der Waals surface area contributed by atoms with Crippen LogP contribution in [0.4, 0.5) is 13.2 Å². The SMILES string of the molecule is O=C(N1CC[C@H](c2ccccc2)[C@@H](CO)C1)C(F)(F)F. The normalized spacial score (nSPS) is 23.7. The Hall–Kier alpha value is -1.56. The van der Waals surface area contributed by atoms with E-state index in [0.29, 0.717) is 6.42 Å². The van der Waals surface area contributed by atoms with Gasteiger partial charge in [-0.3, -0.25) is 4.79 Å². The predicted molar refractivity (Wildman–Crippen MR) is 67.0 cm³/mol. The Morgan fingerprint density at radius 3 is 2.50 bits per heavy atom. The number of piperidine rings is 1. The van der Waals surface area contributed by atoms with Crippen LogP contribution in [0.5, 0.6) is 0 Å². The van der Waals surface area contributed by atoms with Crippen LogP contribution in [0.15, 0.2) is 30.3 Å². The van der Waals surface area contributed by atoms with Crippen molar-refractivity contribution < 1.29 is 23.1 Å². The highest BCUT2D eigenvalue weighted by atomic mass is 19.4. The fourth-order valence-electron chi connectivity index (χ4n) is 2.72. The third-order valence-electron chi connectivity index (χ3n) is 3.73. The maximum Gasteiger partial charge on any atom is 0.471 e. The van der Waals surface area contributed by atoms with Gasteiger partial charge in [0.15, 0.2) is 0 Å². The van der Waals surface area contributed by atoms with Crippen molar-refractivity contribution >= 4 is 5.91 Å². The van der Waals surface area contributed by atoms with Crippen molar-refractivity contribution in [2.45, 2.75) is 18.5 Å². The van der Waals surface area contributed by atoms with Gasteiger partial charge in [-0.1, -0.05) is 30.3 Å². The monoisotopic (exact) mass is 287 g/mol. The van der Waals surface area contributed by atoms with Crippen LogP contribution in [0.3, 0.4) is 0 Å². The third-order valence-corrected chi connectivity index (χ3v) is 3.73. The highest BCUT2D eigenvalue weighted by Crippen LogP contribution is 2.34. The molecule has 20 heavy (non-hydrogen) atoms. The minimum absolute atomic E-state index is 0.0153. The number of aliphatic hydroxyl groups excluding tert-OH is 1. The molecule has 1 amide bonds. The second-order valence-corrected chi connectivity index (χ2v) is 5.00. The number of halogens is 3. The van der Waals surface area contributed by atoms with Gasteiger partial charge in [-0.2, -0.15) is 13.2 Å². The number of alkyl halides is 3. The largest absolute Gasteiger partial charge is 0.471 e. The smallest absolute Gasteiger partial charge is 0.396 e. The first kappa shape index (κ1) is 14.8. The van der Waals surface area contributed by atoms with Crippen LogP contribution in [0.1, 0.15) is 17.9 Å². The molecule has 0 aromatic heterocycles. The standard InChI is InChI=1S/C14H16F3NO2/c15-14(16,17)13(20)18-7-6-12(11(8-18)9-19)10-4-2-1-3-5-10/h1-5,11-12,19H,6-9H2/t11-,12-/m1/s1. The van der Waals surface area contributed by atoms with Crippen molar-refractivity contribution in [3.63, 3.8) is 0 Å². The Bertz CT molecular complexity index is 461. The van der Waals surface area contributed by atoms with E-state index < -0.39 is 12.1 Å². The van der Waals surface area contributed by atoms with Gasteiger partial charge in [-0.15, -0.1) is 0 Å². The Morgan fingerprint density at radius 2 is 1.95 bits per heavy atom. The molecule has 1 saturated heterocycles. The predicted octanol–water partition coefficient (Wildman–Crippen LogP) is 2.17. The van der Waals surface area contributed by atoms with Gasteiger partial charge in [0.2, 0.25) is 0 Å². The number of likely N-dealkylation sites (tertiary alicyclic amines) is 1. The molecule has 2 atom stereocenters. The Labute approximate surface area is 115 Å². The number of rotatable bonds is 2. The van der Waals surface area contributed by atoms with Gasteiger partial charge >= 0.3 is 12.1 Å². The summed E-state index contributed by atoms with van der Waals surface area (Å²) in [4.78, 5) is 12.0. The lowest BCUT2D eigenvalue weighted by Crippen LogP contribution is -2.49. The maximum atomic E-state index is 12.4. The highest BCUT2D eigenvalue weighted by Gasteiger charge is 2.45. The number of amides is 1. The molecule has 1 aliphatic rings. The molecule has 1 fully saturated rings. The molecule has 1 aromatic carbocycles. The molecule has 1 N–H and O–H groups in total. The van der Waals surface area contributed by atoms with Gasteiger partial charge in [-0.05, 0) is 17.9 Å².